The van der Waals surface area contributed by atoms with Gasteiger partial charge in [0, 0.05) is 6.04 Å². The molecule has 1 rings (SSSR count). The van der Waals surface area contributed by atoms with Crippen LogP contribution in [0.2, 0.25) is 0 Å². The monoisotopic (exact) mass is 199 g/mol. The van der Waals surface area contributed by atoms with Gasteiger partial charge in [-0.3, -0.25) is 0 Å². The smallest absolute Gasteiger partial charge is 0.0284 e. The second-order valence-electron chi connectivity index (χ2n) is 3.65. The van der Waals surface area contributed by atoms with Gasteiger partial charge < -0.3 is 5.32 Å². The minimum Gasteiger partial charge on any atom is -0.313 e. The van der Waals surface area contributed by atoms with E-state index < -0.39 is 0 Å². The van der Waals surface area contributed by atoms with E-state index in [1.54, 1.807) is 5.57 Å². The third-order valence-corrected chi connectivity index (χ3v) is 3.38. The van der Waals surface area contributed by atoms with Crippen LogP contribution in [0, 0.1) is 0 Å². The Morgan fingerprint density at radius 3 is 2.92 bits per heavy atom. The lowest BCUT2D eigenvalue weighted by Crippen LogP contribution is -2.28. The van der Waals surface area contributed by atoms with Gasteiger partial charge in [-0.1, -0.05) is 11.6 Å². The second kappa shape index (κ2) is 6.50. The summed E-state index contributed by atoms with van der Waals surface area (Å²) >= 11 is 1.94. The lowest BCUT2D eigenvalue weighted by atomic mass is 9.93. The van der Waals surface area contributed by atoms with E-state index >= 15 is 0 Å². The Kier molecular flexibility index (Phi) is 5.56. The molecule has 0 bridgehead atoms. The molecule has 1 aliphatic rings. The topological polar surface area (TPSA) is 12.0 Å². The normalized spacial score (nSPS) is 19.7. The minimum atomic E-state index is 0.646. The van der Waals surface area contributed by atoms with E-state index in [1.807, 2.05) is 11.8 Å². The van der Waals surface area contributed by atoms with Gasteiger partial charge in [0.2, 0.25) is 0 Å². The molecule has 0 amide bonds. The summed E-state index contributed by atoms with van der Waals surface area (Å²) < 4.78 is 0. The summed E-state index contributed by atoms with van der Waals surface area (Å²) in [5.74, 6) is 1.27. The number of nitrogens with one attached hydrogen (secondary N) is 1. The first-order valence-electron chi connectivity index (χ1n) is 5.23. The lowest BCUT2D eigenvalue weighted by Gasteiger charge is -2.22. The van der Waals surface area contributed by atoms with E-state index in [0.717, 1.165) is 0 Å². The van der Waals surface area contributed by atoms with Crippen molar-refractivity contribution < 1.29 is 0 Å². The van der Waals surface area contributed by atoms with Crippen LogP contribution in [0.15, 0.2) is 11.6 Å². The van der Waals surface area contributed by atoms with Crippen molar-refractivity contribution in [1.29, 1.82) is 0 Å². The van der Waals surface area contributed by atoms with Gasteiger partial charge in [0.15, 0.2) is 0 Å². The van der Waals surface area contributed by atoms with E-state index in [2.05, 4.69) is 24.7 Å². The number of hydrogen-bond acceptors (Lipinski definition) is 2. The predicted octanol–water partition coefficient (Wildman–Crippen LogP) is 2.83. The van der Waals surface area contributed by atoms with Crippen LogP contribution in [-0.2, 0) is 0 Å². The third-order valence-electron chi connectivity index (χ3n) is 2.73. The summed E-state index contributed by atoms with van der Waals surface area (Å²) in [7, 11) is 2.08. The Hall–Kier alpha value is 0.0500. The molecule has 0 aromatic carbocycles. The highest BCUT2D eigenvalue weighted by Crippen LogP contribution is 2.22. The van der Waals surface area contributed by atoms with Crippen molar-refractivity contribution in [2.75, 3.05) is 19.1 Å². The van der Waals surface area contributed by atoms with Gasteiger partial charge in [-0.15, -0.1) is 0 Å². The molecule has 0 saturated carbocycles. The van der Waals surface area contributed by atoms with Crippen LogP contribution < -0.4 is 5.32 Å². The van der Waals surface area contributed by atoms with Gasteiger partial charge >= 0.3 is 0 Å². The molecule has 0 saturated heterocycles. The molecule has 1 aliphatic carbocycles. The van der Waals surface area contributed by atoms with E-state index in [-0.39, 0.29) is 0 Å². The molecular weight excluding hydrogens is 178 g/mol. The van der Waals surface area contributed by atoms with Crippen molar-refractivity contribution >= 4 is 11.8 Å². The summed E-state index contributed by atoms with van der Waals surface area (Å²) in [6.45, 7) is 0. The Morgan fingerprint density at radius 1 is 1.54 bits per heavy atom. The first kappa shape index (κ1) is 11.1. The van der Waals surface area contributed by atoms with Crippen LogP contribution in [-0.4, -0.2) is 25.1 Å². The summed E-state index contributed by atoms with van der Waals surface area (Å²) in [5, 5.41) is 3.42. The maximum absolute atomic E-state index is 3.42. The van der Waals surface area contributed by atoms with E-state index in [1.165, 1.54) is 37.9 Å². The van der Waals surface area contributed by atoms with E-state index in [9.17, 15) is 0 Å². The van der Waals surface area contributed by atoms with Crippen molar-refractivity contribution in [2.24, 2.45) is 0 Å². The summed E-state index contributed by atoms with van der Waals surface area (Å²) in [6.07, 6.45) is 11.3. The van der Waals surface area contributed by atoms with Crippen molar-refractivity contribution in [3.05, 3.63) is 11.6 Å². The number of hydrogen-bond donors (Lipinski definition) is 1. The molecule has 0 aromatic rings. The molecule has 1 N–H and O–H groups in total. The molecule has 0 aliphatic heterocycles. The molecule has 76 valence electrons. The van der Waals surface area contributed by atoms with Crippen LogP contribution in [0.3, 0.4) is 0 Å². The zero-order valence-corrected chi connectivity index (χ0v) is 9.62. The SMILES string of the molecule is CNC(CCSC)C1=CCCCC1. The van der Waals surface area contributed by atoms with Gasteiger partial charge in [-0.2, -0.15) is 11.8 Å². The number of thioether (sulfide) groups is 1. The maximum atomic E-state index is 3.42. The highest BCUT2D eigenvalue weighted by Gasteiger charge is 2.13. The molecule has 13 heavy (non-hydrogen) atoms. The molecule has 0 aromatic heterocycles. The maximum Gasteiger partial charge on any atom is 0.0284 e. The van der Waals surface area contributed by atoms with Crippen LogP contribution >= 0.6 is 11.8 Å². The molecule has 0 spiro atoms. The predicted molar refractivity (Wildman–Crippen MR) is 62.4 cm³/mol. The van der Waals surface area contributed by atoms with Gasteiger partial charge in [0.1, 0.15) is 0 Å². The van der Waals surface area contributed by atoms with Gasteiger partial charge in [0.25, 0.3) is 0 Å². The molecule has 2 heteroatoms. The quantitative estimate of drug-likeness (QED) is 0.683. The molecule has 1 nitrogen and oxygen atoms in total. The third kappa shape index (κ3) is 3.74. The standard InChI is InChI=1S/C11H21NS/c1-12-11(8-9-13-2)10-6-4-3-5-7-10/h6,11-12H,3-5,7-9H2,1-2H3. The van der Waals surface area contributed by atoms with Crippen LogP contribution in [0.25, 0.3) is 0 Å². The van der Waals surface area contributed by atoms with Crippen molar-refractivity contribution in [2.45, 2.75) is 38.1 Å². The minimum absolute atomic E-state index is 0.646. The molecule has 0 radical (unpaired) electrons. The van der Waals surface area contributed by atoms with Crippen LogP contribution in [0.4, 0.5) is 0 Å². The average Bonchev–Trinajstić information content (AvgIpc) is 2.21. The van der Waals surface area contributed by atoms with Crippen molar-refractivity contribution in [3.8, 4) is 0 Å². The largest absolute Gasteiger partial charge is 0.313 e. The number of rotatable bonds is 5. The zero-order chi connectivity index (χ0) is 9.52. The lowest BCUT2D eigenvalue weighted by molar-refractivity contribution is 0.562. The van der Waals surface area contributed by atoms with E-state index in [0.29, 0.717) is 6.04 Å². The molecule has 1 atom stereocenters. The van der Waals surface area contributed by atoms with Gasteiger partial charge in [-0.05, 0) is 51.2 Å². The highest BCUT2D eigenvalue weighted by molar-refractivity contribution is 7.98. The highest BCUT2D eigenvalue weighted by atomic mass is 32.2. The van der Waals surface area contributed by atoms with Crippen LogP contribution in [0.1, 0.15) is 32.1 Å². The fourth-order valence-corrected chi connectivity index (χ4v) is 2.40. The fourth-order valence-electron chi connectivity index (χ4n) is 1.93. The van der Waals surface area contributed by atoms with Crippen molar-refractivity contribution in [1.82, 2.24) is 5.32 Å². The molecular formula is C11H21NS. The Morgan fingerprint density at radius 2 is 2.38 bits per heavy atom. The van der Waals surface area contributed by atoms with Crippen LogP contribution in [0.5, 0.6) is 0 Å². The summed E-state index contributed by atoms with van der Waals surface area (Å²) in [5.41, 5.74) is 1.66. The second-order valence-corrected chi connectivity index (χ2v) is 4.63. The van der Waals surface area contributed by atoms with Crippen molar-refractivity contribution in [3.63, 3.8) is 0 Å². The number of allylic oxidation sites excluding steroid dienone is 1. The summed E-state index contributed by atoms with van der Waals surface area (Å²) in [4.78, 5) is 0. The Labute approximate surface area is 86.4 Å². The zero-order valence-electron chi connectivity index (χ0n) is 8.81. The van der Waals surface area contributed by atoms with Gasteiger partial charge in [-0.25, -0.2) is 0 Å². The first-order chi connectivity index (χ1) is 6.38. The molecule has 0 heterocycles. The fraction of sp³-hybridized carbons (Fsp3) is 0.818. The first-order valence-corrected chi connectivity index (χ1v) is 6.63. The molecule has 1 unspecified atom stereocenters. The summed E-state index contributed by atoms with van der Waals surface area (Å²) in [6, 6.07) is 0.646. The Bertz CT molecular complexity index is 165. The Balaban J connectivity index is 2.39. The average molecular weight is 199 g/mol. The van der Waals surface area contributed by atoms with E-state index in [4.69, 9.17) is 0 Å². The molecule has 0 fully saturated rings. The van der Waals surface area contributed by atoms with Gasteiger partial charge in [0.05, 0.1) is 0 Å². The number of likely N-dealkylation sites (N-methyl/N-ethyl adjacent to an activating group) is 1.